The molecule has 0 amide bonds. The molecular weight excluding hydrogens is 1060 g/mol. The van der Waals surface area contributed by atoms with Crippen LogP contribution in [0, 0.1) is 18.8 Å². The molecule has 0 saturated heterocycles. The molecule has 0 saturated carbocycles. The van der Waals surface area contributed by atoms with Crippen LogP contribution in [0.3, 0.4) is 0 Å². The van der Waals surface area contributed by atoms with Crippen molar-refractivity contribution < 1.29 is 27.2 Å². The van der Waals surface area contributed by atoms with Gasteiger partial charge >= 0.3 is 0 Å². The van der Waals surface area contributed by atoms with Gasteiger partial charge in [0.2, 0.25) is 0 Å². The van der Waals surface area contributed by atoms with Crippen molar-refractivity contribution in [2.75, 3.05) is 4.90 Å². The van der Waals surface area contributed by atoms with E-state index in [-0.39, 0.29) is 37.3 Å². The van der Waals surface area contributed by atoms with Crippen LogP contribution in [0.1, 0.15) is 80.4 Å². The van der Waals surface area contributed by atoms with Gasteiger partial charge in [-0.1, -0.05) is 195 Å². The van der Waals surface area contributed by atoms with Gasteiger partial charge in [0.25, 0.3) is 0 Å². The maximum absolute atomic E-state index is 9.09. The van der Waals surface area contributed by atoms with E-state index in [1.54, 1.807) is 0 Å². The van der Waals surface area contributed by atoms with Crippen LogP contribution in [0.15, 0.2) is 176 Å². The van der Waals surface area contributed by atoms with E-state index in [4.69, 9.17) is 11.1 Å². The van der Waals surface area contributed by atoms with Gasteiger partial charge in [-0.25, -0.2) is 4.98 Å². The third-order valence-corrected chi connectivity index (χ3v) is 14.3. The number of rotatable bonds is 5. The van der Waals surface area contributed by atoms with Crippen LogP contribution in [0.4, 0.5) is 11.4 Å². The first kappa shape index (κ1) is 45.8. The van der Waals surface area contributed by atoms with E-state index in [0.29, 0.717) is 17.5 Å². The molecule has 1 aliphatic rings. The second-order valence-electron chi connectivity index (χ2n) is 22.1. The van der Waals surface area contributed by atoms with Crippen LogP contribution in [-0.2, 0) is 37.3 Å². The molecule has 0 spiro atoms. The summed E-state index contributed by atoms with van der Waals surface area (Å²) in [6, 6.07) is 66.4. The minimum absolute atomic E-state index is 0. The summed E-state index contributed by atoms with van der Waals surface area (Å²) in [6.07, 6.45) is 1.91. The van der Waals surface area contributed by atoms with Gasteiger partial charge in [0.15, 0.2) is 0 Å². The molecule has 0 aliphatic carbocycles. The number of para-hydroxylation sites is 3. The van der Waals surface area contributed by atoms with Crippen molar-refractivity contribution in [3.05, 3.63) is 212 Å². The Labute approximate surface area is 438 Å². The van der Waals surface area contributed by atoms with Crippen molar-refractivity contribution >= 4 is 76.5 Å². The number of nitrogens with zero attached hydrogens (tertiary/aromatic N) is 4. The van der Waals surface area contributed by atoms with E-state index in [2.05, 4.69) is 241 Å². The zero-order chi connectivity index (χ0) is 49.8. The molecule has 0 unspecified atom stereocenters. The van der Waals surface area contributed by atoms with Gasteiger partial charge < -0.3 is 18.8 Å². The molecule has 3 aromatic heterocycles. The van der Waals surface area contributed by atoms with E-state index in [0.717, 1.165) is 93.8 Å². The minimum atomic E-state index is -0.231. The molecule has 0 fully saturated rings. The summed E-state index contributed by atoms with van der Waals surface area (Å²) in [6.45, 7) is 22.3. The predicted molar refractivity (Wildman–Crippen MR) is 298 cm³/mol. The molecule has 0 radical (unpaired) electrons. The quantitative estimate of drug-likeness (QED) is 0.161. The molecule has 72 heavy (non-hydrogen) atoms. The third kappa shape index (κ3) is 7.99. The summed E-state index contributed by atoms with van der Waals surface area (Å²) in [4.78, 5) is 7.19. The van der Waals surface area contributed by atoms with Crippen molar-refractivity contribution in [3.8, 4) is 28.4 Å². The third-order valence-electron chi connectivity index (χ3n) is 14.3. The van der Waals surface area contributed by atoms with Crippen molar-refractivity contribution in [2.45, 2.75) is 78.6 Å². The first-order chi connectivity index (χ1) is 34.5. The standard InChI is InChI=1S/C66H57N4O.Pt/c1-64(2,3)43-20-16-19-42(35-43)49-26-17-27-56-52-23-12-10-21-50(52)51-22-11-13-24-53(51)57-28-18-30-59-63(57)69(62(49)56)41-68(59)46-36-45(66(7,8)9)37-48(39-46)71-47-31-32-55-54-25-14-15-29-58(54)70(60(55)40-47)61-38-44(33-34-67-61)65(4,5)6;/h10-38,41H,1-9H3;/q-3;/i16D;. The second kappa shape index (κ2) is 17.5. The molecule has 360 valence electrons. The number of fused-ring (bicyclic) bond motifs is 10. The number of anilines is 2. The zero-order valence-electron chi connectivity index (χ0n) is 43.3. The molecule has 11 aromatic rings. The number of hydrogen-bond acceptors (Lipinski definition) is 3. The number of benzene rings is 8. The fourth-order valence-electron chi connectivity index (χ4n) is 10.5. The molecule has 12 rings (SSSR count). The van der Waals surface area contributed by atoms with Crippen LogP contribution in [0.5, 0.6) is 11.5 Å². The Bertz CT molecular complexity index is 4090. The van der Waals surface area contributed by atoms with Gasteiger partial charge in [-0.2, -0.15) is 6.07 Å². The minimum Gasteiger partial charge on any atom is -0.509 e. The normalized spacial score (nSPS) is 13.0. The molecule has 1 aliphatic heterocycles. The Hall–Kier alpha value is -7.33. The fourth-order valence-corrected chi connectivity index (χ4v) is 10.5. The SMILES string of the molecule is [2H]c1cc(-c2cccc3c4ccccc4c4ccccc4c4cccc5c4n(c23)[CH-]N5c2[c-]c(Oc3[c-]c4c(cc3)c3ccccc3n4-c3cc(C(C)(C)C)ccn3)cc(C(C)(C)C)c2)cc(C(C)(C)C)c1.[Pt]. The molecule has 0 N–H and O–H groups in total. The average Bonchev–Trinajstić information content (AvgIpc) is 3.92. The maximum Gasteiger partial charge on any atom is 0.135 e. The summed E-state index contributed by atoms with van der Waals surface area (Å²) >= 11 is 0. The summed E-state index contributed by atoms with van der Waals surface area (Å²) < 4.78 is 20.7. The van der Waals surface area contributed by atoms with E-state index in [1.165, 1.54) is 16.3 Å². The van der Waals surface area contributed by atoms with Gasteiger partial charge in [-0.15, -0.1) is 41.3 Å². The Morgan fingerprint density at radius 3 is 1.79 bits per heavy atom. The Balaban J connectivity index is 0.00000574. The first-order valence-electron chi connectivity index (χ1n) is 25.2. The largest absolute Gasteiger partial charge is 0.509 e. The average molecular weight is 1120 g/mol. The van der Waals surface area contributed by atoms with Gasteiger partial charge in [0, 0.05) is 50.0 Å². The van der Waals surface area contributed by atoms with Gasteiger partial charge in [0.05, 0.1) is 1.37 Å². The summed E-state index contributed by atoms with van der Waals surface area (Å²) in [5.41, 5.74) is 11.0. The molecule has 8 aromatic carbocycles. The van der Waals surface area contributed by atoms with Crippen LogP contribution in [0.25, 0.3) is 82.1 Å². The van der Waals surface area contributed by atoms with E-state index in [9.17, 15) is 0 Å². The Morgan fingerprint density at radius 2 is 1.11 bits per heavy atom. The van der Waals surface area contributed by atoms with E-state index < -0.39 is 0 Å². The second-order valence-corrected chi connectivity index (χ2v) is 22.1. The molecular formula is C66H57N4OPt-3. The van der Waals surface area contributed by atoms with Crippen molar-refractivity contribution in [1.82, 2.24) is 14.1 Å². The molecule has 6 heteroatoms. The summed E-state index contributed by atoms with van der Waals surface area (Å²) in [5.74, 6) is 2.02. The van der Waals surface area contributed by atoms with Gasteiger partial charge in [0.1, 0.15) is 5.82 Å². The number of ether oxygens (including phenoxy) is 1. The topological polar surface area (TPSA) is 35.2 Å². The summed E-state index contributed by atoms with van der Waals surface area (Å²) in [7, 11) is 0. The molecule has 0 atom stereocenters. The van der Waals surface area contributed by atoms with Crippen LogP contribution >= 0.6 is 0 Å². The first-order valence-corrected chi connectivity index (χ1v) is 24.7. The van der Waals surface area contributed by atoms with Gasteiger partial charge in [-0.05, 0) is 118 Å². The van der Waals surface area contributed by atoms with Crippen molar-refractivity contribution in [3.63, 3.8) is 0 Å². The molecule has 0 bridgehead atoms. The smallest absolute Gasteiger partial charge is 0.135 e. The van der Waals surface area contributed by atoms with E-state index >= 15 is 0 Å². The van der Waals surface area contributed by atoms with Crippen LogP contribution in [-0.4, -0.2) is 14.1 Å². The number of aromatic nitrogens is 3. The fraction of sp³-hybridized carbons (Fsp3) is 0.182. The maximum atomic E-state index is 9.09. The Morgan fingerprint density at radius 1 is 0.514 bits per heavy atom. The van der Waals surface area contributed by atoms with Crippen LogP contribution in [0.2, 0.25) is 0 Å². The molecule has 4 heterocycles. The summed E-state index contributed by atoms with van der Waals surface area (Å²) in [5, 5.41) is 9.07. The zero-order valence-corrected chi connectivity index (χ0v) is 44.5. The predicted octanol–water partition coefficient (Wildman–Crippen LogP) is 17.8. The Kier molecular flexibility index (Phi) is 11.1. The van der Waals surface area contributed by atoms with E-state index in [1.807, 2.05) is 24.4 Å². The van der Waals surface area contributed by atoms with Crippen molar-refractivity contribution in [2.24, 2.45) is 0 Å². The molecule has 5 nitrogen and oxygen atoms in total. The van der Waals surface area contributed by atoms with Crippen LogP contribution < -0.4 is 9.64 Å². The monoisotopic (exact) mass is 1120 g/mol. The van der Waals surface area contributed by atoms with Crippen molar-refractivity contribution in [1.29, 1.82) is 0 Å². The number of hydrogen-bond donors (Lipinski definition) is 0. The van der Waals surface area contributed by atoms with Gasteiger partial charge in [-0.3, -0.25) is 0 Å². The number of pyridine rings is 1.